The van der Waals surface area contributed by atoms with E-state index in [4.69, 9.17) is 4.74 Å². The van der Waals surface area contributed by atoms with Crippen molar-refractivity contribution in [2.75, 3.05) is 24.7 Å². The van der Waals surface area contributed by atoms with Gasteiger partial charge < -0.3 is 9.64 Å². The fourth-order valence-corrected chi connectivity index (χ4v) is 6.36. The zero-order valence-electron chi connectivity index (χ0n) is 15.6. The normalized spacial score (nSPS) is 17.1. The molecular formula is C22H23NO3S2. The average molecular weight is 414 g/mol. The second-order valence-corrected chi connectivity index (χ2v) is 9.68. The van der Waals surface area contributed by atoms with Crippen LogP contribution < -0.4 is 0 Å². The highest BCUT2D eigenvalue weighted by atomic mass is 32.2. The second-order valence-electron chi connectivity index (χ2n) is 6.96. The maximum atomic E-state index is 12.4. The van der Waals surface area contributed by atoms with Gasteiger partial charge in [0.1, 0.15) is 0 Å². The van der Waals surface area contributed by atoms with Crippen molar-refractivity contribution >= 4 is 35.4 Å². The lowest BCUT2D eigenvalue weighted by Gasteiger charge is -2.28. The maximum absolute atomic E-state index is 12.4. The number of hydrogen-bond acceptors (Lipinski definition) is 5. The highest BCUT2D eigenvalue weighted by Crippen LogP contribution is 2.43. The van der Waals surface area contributed by atoms with Gasteiger partial charge in [-0.25, -0.2) is 4.79 Å². The first kappa shape index (κ1) is 19.4. The van der Waals surface area contributed by atoms with Gasteiger partial charge in [0.15, 0.2) is 6.61 Å². The van der Waals surface area contributed by atoms with E-state index in [9.17, 15) is 9.59 Å². The monoisotopic (exact) mass is 413 g/mol. The van der Waals surface area contributed by atoms with E-state index in [1.54, 1.807) is 17.0 Å². The fourth-order valence-electron chi connectivity index (χ4n) is 3.47. The van der Waals surface area contributed by atoms with Gasteiger partial charge in [0.25, 0.3) is 5.91 Å². The van der Waals surface area contributed by atoms with Crippen LogP contribution in [0, 0.1) is 0 Å². The van der Waals surface area contributed by atoms with Crippen molar-refractivity contribution in [2.24, 2.45) is 0 Å². The summed E-state index contributed by atoms with van der Waals surface area (Å²) in [5.41, 5.74) is 4.18. The largest absolute Gasteiger partial charge is 0.452 e. The van der Waals surface area contributed by atoms with Gasteiger partial charge in [-0.05, 0) is 53.2 Å². The number of carbonyl (C=O) groups excluding carboxylic acids is 2. The summed E-state index contributed by atoms with van der Waals surface area (Å²) in [6.45, 7) is 1.04. The number of thioether (sulfide) groups is 2. The molecule has 0 unspecified atom stereocenters. The molecule has 0 saturated carbocycles. The van der Waals surface area contributed by atoms with Crippen LogP contribution in [0.15, 0.2) is 48.5 Å². The predicted octanol–water partition coefficient (Wildman–Crippen LogP) is 4.30. The second kappa shape index (κ2) is 9.05. The molecule has 6 heteroatoms. The molecule has 2 aliphatic heterocycles. The summed E-state index contributed by atoms with van der Waals surface area (Å²) < 4.78 is 5.72. The van der Waals surface area contributed by atoms with Crippen LogP contribution >= 0.6 is 23.5 Å². The third kappa shape index (κ3) is 4.55. The Morgan fingerprint density at radius 3 is 2.46 bits per heavy atom. The Labute approximate surface area is 174 Å². The van der Waals surface area contributed by atoms with Crippen molar-refractivity contribution in [2.45, 2.75) is 24.0 Å². The Balaban J connectivity index is 1.30. The summed E-state index contributed by atoms with van der Waals surface area (Å²) in [7, 11) is 0. The molecule has 28 heavy (non-hydrogen) atoms. The number of ether oxygens (including phenoxy) is 1. The molecule has 146 valence electrons. The Hall–Kier alpha value is -1.92. The van der Waals surface area contributed by atoms with Gasteiger partial charge in [0, 0.05) is 13.1 Å². The molecule has 1 saturated heterocycles. The molecule has 2 aliphatic rings. The number of rotatable bonds is 4. The summed E-state index contributed by atoms with van der Waals surface area (Å²) in [5.74, 6) is 1.78. The molecule has 0 N–H and O–H groups in total. The zero-order valence-corrected chi connectivity index (χ0v) is 17.3. The van der Waals surface area contributed by atoms with E-state index in [0.717, 1.165) is 6.42 Å². The Morgan fingerprint density at radius 2 is 1.71 bits per heavy atom. The van der Waals surface area contributed by atoms with E-state index in [0.29, 0.717) is 23.2 Å². The minimum absolute atomic E-state index is 0.144. The van der Waals surface area contributed by atoms with Crippen molar-refractivity contribution in [1.29, 1.82) is 0 Å². The molecule has 0 aromatic heterocycles. The molecule has 0 atom stereocenters. The lowest BCUT2D eigenvalue weighted by atomic mass is 10.00. The quantitative estimate of drug-likeness (QED) is 0.700. The van der Waals surface area contributed by atoms with Gasteiger partial charge in [-0.15, -0.1) is 23.5 Å². The van der Waals surface area contributed by atoms with Crippen molar-refractivity contribution in [3.05, 3.63) is 70.8 Å². The van der Waals surface area contributed by atoms with E-state index >= 15 is 0 Å². The zero-order chi connectivity index (χ0) is 19.3. The van der Waals surface area contributed by atoms with Gasteiger partial charge in [-0.1, -0.05) is 36.4 Å². The molecule has 0 radical (unpaired) electrons. The number of esters is 1. The van der Waals surface area contributed by atoms with E-state index in [2.05, 4.69) is 6.07 Å². The third-order valence-electron chi connectivity index (χ3n) is 5.06. The smallest absolute Gasteiger partial charge is 0.338 e. The van der Waals surface area contributed by atoms with Gasteiger partial charge >= 0.3 is 5.97 Å². The van der Waals surface area contributed by atoms with Crippen LogP contribution in [0.2, 0.25) is 0 Å². The van der Waals surface area contributed by atoms with Crippen LogP contribution in [0.5, 0.6) is 0 Å². The first-order chi connectivity index (χ1) is 13.7. The summed E-state index contributed by atoms with van der Waals surface area (Å²) >= 11 is 3.90. The van der Waals surface area contributed by atoms with Crippen molar-refractivity contribution in [1.82, 2.24) is 4.90 Å². The molecule has 0 spiro atoms. The number of carbonyl (C=O) groups is 2. The molecule has 2 aromatic rings. The highest BCUT2D eigenvalue weighted by Gasteiger charge is 2.22. The molecule has 0 aliphatic carbocycles. The van der Waals surface area contributed by atoms with Crippen molar-refractivity contribution in [3.63, 3.8) is 0 Å². The Kier molecular flexibility index (Phi) is 6.27. The maximum Gasteiger partial charge on any atom is 0.338 e. The molecular weight excluding hydrogens is 390 g/mol. The molecule has 1 amide bonds. The molecule has 0 bridgehead atoms. The summed E-state index contributed by atoms with van der Waals surface area (Å²) in [5, 5.41) is 0. The topological polar surface area (TPSA) is 46.6 Å². The minimum atomic E-state index is -0.443. The van der Waals surface area contributed by atoms with Gasteiger partial charge in [0.05, 0.1) is 10.1 Å². The molecule has 2 heterocycles. The van der Waals surface area contributed by atoms with Crippen LogP contribution in [0.25, 0.3) is 0 Å². The van der Waals surface area contributed by atoms with Crippen LogP contribution in [-0.4, -0.2) is 41.4 Å². The van der Waals surface area contributed by atoms with E-state index < -0.39 is 5.97 Å². The SMILES string of the molecule is O=C(OCC(=O)N1CCc2ccccc2C1)c1ccc(C2SCCCS2)cc1. The number of amides is 1. The molecule has 2 aromatic carbocycles. The minimum Gasteiger partial charge on any atom is -0.452 e. The number of fused-ring (bicyclic) bond motifs is 1. The van der Waals surface area contributed by atoms with Gasteiger partial charge in [0.2, 0.25) is 0 Å². The number of nitrogens with zero attached hydrogens (tertiary/aromatic N) is 1. The van der Waals surface area contributed by atoms with Crippen LogP contribution in [-0.2, 0) is 22.5 Å². The van der Waals surface area contributed by atoms with Crippen LogP contribution in [0.4, 0.5) is 0 Å². The molecule has 4 rings (SSSR count). The van der Waals surface area contributed by atoms with E-state index in [1.807, 2.05) is 53.9 Å². The van der Waals surface area contributed by atoms with Gasteiger partial charge in [-0.3, -0.25) is 4.79 Å². The number of hydrogen-bond donors (Lipinski definition) is 0. The Morgan fingerprint density at radius 1 is 1.00 bits per heavy atom. The average Bonchev–Trinajstić information content (AvgIpc) is 2.77. The summed E-state index contributed by atoms with van der Waals surface area (Å²) in [4.78, 5) is 26.5. The van der Waals surface area contributed by atoms with Crippen LogP contribution in [0.1, 0.15) is 38.1 Å². The Bertz CT molecular complexity index is 847. The first-order valence-electron chi connectivity index (χ1n) is 9.55. The third-order valence-corrected chi connectivity index (χ3v) is 8.07. The summed E-state index contributed by atoms with van der Waals surface area (Å²) in [6, 6.07) is 15.8. The summed E-state index contributed by atoms with van der Waals surface area (Å²) in [6.07, 6.45) is 2.10. The fraction of sp³-hybridized carbons (Fsp3) is 0.364. The van der Waals surface area contributed by atoms with Crippen molar-refractivity contribution in [3.8, 4) is 0 Å². The van der Waals surface area contributed by atoms with E-state index in [1.165, 1.54) is 34.6 Å². The van der Waals surface area contributed by atoms with E-state index in [-0.39, 0.29) is 12.5 Å². The molecule has 1 fully saturated rings. The van der Waals surface area contributed by atoms with Gasteiger partial charge in [-0.2, -0.15) is 0 Å². The van der Waals surface area contributed by atoms with Crippen molar-refractivity contribution < 1.29 is 14.3 Å². The lowest BCUT2D eigenvalue weighted by molar-refractivity contribution is -0.135. The highest BCUT2D eigenvalue weighted by molar-refractivity contribution is 8.16. The lowest BCUT2D eigenvalue weighted by Crippen LogP contribution is -2.38. The molecule has 4 nitrogen and oxygen atoms in total. The van der Waals surface area contributed by atoms with Crippen LogP contribution in [0.3, 0.4) is 0 Å². The first-order valence-corrected chi connectivity index (χ1v) is 11.7. The predicted molar refractivity (Wildman–Crippen MR) is 115 cm³/mol. The standard InChI is InChI=1S/C22H23NO3S2/c24-20(23-11-10-16-4-1-2-5-19(16)14-23)15-26-21(25)17-6-8-18(9-7-17)22-27-12-3-13-28-22/h1-2,4-9,22H,3,10-15H2. The number of benzene rings is 2.